The van der Waals surface area contributed by atoms with Gasteiger partial charge in [-0.2, -0.15) is 5.10 Å². The number of nitrogens with zero attached hydrogens (tertiary/aromatic N) is 3. The number of anilines is 1. The van der Waals surface area contributed by atoms with Gasteiger partial charge in [0.1, 0.15) is 11.2 Å². The Labute approximate surface area is 187 Å². The van der Waals surface area contributed by atoms with E-state index < -0.39 is 5.54 Å². The summed E-state index contributed by atoms with van der Waals surface area (Å²) in [4.78, 5) is 29.1. The quantitative estimate of drug-likeness (QED) is 0.756. The molecule has 6 nitrogen and oxygen atoms in total. The van der Waals surface area contributed by atoms with E-state index in [-0.39, 0.29) is 17.9 Å². The smallest absolute Gasteiger partial charge is 0.277 e. The summed E-state index contributed by atoms with van der Waals surface area (Å²) in [5, 5.41) is 8.55. The molecule has 2 heterocycles. The van der Waals surface area contributed by atoms with Crippen LogP contribution in [0.15, 0.2) is 24.3 Å². The van der Waals surface area contributed by atoms with E-state index in [2.05, 4.69) is 5.32 Å². The van der Waals surface area contributed by atoms with E-state index in [1.165, 1.54) is 6.42 Å². The number of fused-ring (bicyclic) bond motifs is 1. The molecule has 0 radical (unpaired) electrons. The third-order valence-corrected chi connectivity index (χ3v) is 7.49. The molecule has 0 saturated heterocycles. The zero-order valence-corrected chi connectivity index (χ0v) is 18.9. The highest BCUT2D eigenvalue weighted by Gasteiger charge is 2.50. The Kier molecular flexibility index (Phi) is 5.08. The van der Waals surface area contributed by atoms with Crippen molar-refractivity contribution in [2.24, 2.45) is 0 Å². The van der Waals surface area contributed by atoms with Gasteiger partial charge in [0.25, 0.3) is 5.91 Å². The molecule has 3 aliphatic rings. The van der Waals surface area contributed by atoms with E-state index in [4.69, 9.17) is 16.7 Å². The second-order valence-electron chi connectivity index (χ2n) is 9.49. The first kappa shape index (κ1) is 20.6. The molecule has 1 aromatic heterocycles. The lowest BCUT2D eigenvalue weighted by Crippen LogP contribution is -2.65. The molecule has 7 heteroatoms. The van der Waals surface area contributed by atoms with Crippen molar-refractivity contribution in [3.8, 4) is 0 Å². The topological polar surface area (TPSA) is 67.2 Å². The molecular formula is C24H29ClN4O2. The van der Waals surface area contributed by atoms with E-state index in [0.717, 1.165) is 49.8 Å². The van der Waals surface area contributed by atoms with Crippen LogP contribution in [-0.4, -0.2) is 33.2 Å². The first-order valence-corrected chi connectivity index (χ1v) is 11.7. The van der Waals surface area contributed by atoms with Crippen molar-refractivity contribution in [2.45, 2.75) is 82.8 Å². The van der Waals surface area contributed by atoms with E-state index in [1.54, 1.807) is 9.58 Å². The molecule has 2 aliphatic carbocycles. The van der Waals surface area contributed by atoms with Crippen LogP contribution >= 0.6 is 11.6 Å². The summed E-state index contributed by atoms with van der Waals surface area (Å²) < 4.78 is 1.74. The van der Waals surface area contributed by atoms with Gasteiger partial charge in [0, 0.05) is 22.7 Å². The van der Waals surface area contributed by atoms with E-state index in [1.807, 2.05) is 38.1 Å². The third kappa shape index (κ3) is 3.55. The van der Waals surface area contributed by atoms with Crippen LogP contribution in [0.4, 0.5) is 5.69 Å². The highest BCUT2D eigenvalue weighted by atomic mass is 35.5. The van der Waals surface area contributed by atoms with Crippen LogP contribution in [0.3, 0.4) is 0 Å². The van der Waals surface area contributed by atoms with Gasteiger partial charge in [0.2, 0.25) is 5.91 Å². The van der Waals surface area contributed by atoms with Crippen LogP contribution in [0.5, 0.6) is 0 Å². The standard InChI is InChI=1S/C24H29ClN4O2/c1-15-18(25)9-6-10-20(15)29-22(30)21-13-19(16-11-12-16)27-28(21)14-24(29,2)23(31)26-17-7-4-3-5-8-17/h6,9-10,13,16-17H,3-5,7-8,11-12,14H2,1-2H3,(H,26,31). The minimum atomic E-state index is -1.09. The summed E-state index contributed by atoms with van der Waals surface area (Å²) in [6.45, 7) is 4.07. The van der Waals surface area contributed by atoms with Gasteiger partial charge in [0.15, 0.2) is 0 Å². The van der Waals surface area contributed by atoms with Crippen molar-refractivity contribution in [2.75, 3.05) is 4.90 Å². The summed E-state index contributed by atoms with van der Waals surface area (Å²) in [6.07, 6.45) is 7.69. The predicted octanol–water partition coefficient (Wildman–Crippen LogP) is 4.59. The highest BCUT2D eigenvalue weighted by molar-refractivity contribution is 6.32. The van der Waals surface area contributed by atoms with Gasteiger partial charge in [-0.25, -0.2) is 0 Å². The van der Waals surface area contributed by atoms with Crippen molar-refractivity contribution in [1.29, 1.82) is 0 Å². The summed E-state index contributed by atoms with van der Waals surface area (Å²) in [6, 6.07) is 7.59. The van der Waals surface area contributed by atoms with Crippen LogP contribution in [0.2, 0.25) is 5.02 Å². The Morgan fingerprint density at radius 3 is 2.65 bits per heavy atom. The maximum atomic E-state index is 13.8. The van der Waals surface area contributed by atoms with E-state index in [9.17, 15) is 9.59 Å². The average Bonchev–Trinajstić information content (AvgIpc) is 3.52. The summed E-state index contributed by atoms with van der Waals surface area (Å²) in [5.74, 6) is 0.119. The molecule has 31 heavy (non-hydrogen) atoms. The highest BCUT2D eigenvalue weighted by Crippen LogP contribution is 2.42. The molecule has 0 bridgehead atoms. The van der Waals surface area contributed by atoms with Gasteiger partial charge in [-0.15, -0.1) is 0 Å². The van der Waals surface area contributed by atoms with E-state index >= 15 is 0 Å². The van der Waals surface area contributed by atoms with Crippen LogP contribution in [0.1, 0.15) is 79.5 Å². The lowest BCUT2D eigenvalue weighted by Gasteiger charge is -2.44. The Morgan fingerprint density at radius 2 is 1.94 bits per heavy atom. The van der Waals surface area contributed by atoms with Crippen molar-refractivity contribution in [3.05, 3.63) is 46.2 Å². The monoisotopic (exact) mass is 440 g/mol. The van der Waals surface area contributed by atoms with Crippen LogP contribution < -0.4 is 10.2 Å². The van der Waals surface area contributed by atoms with E-state index in [0.29, 0.717) is 28.9 Å². The SMILES string of the molecule is Cc1c(Cl)cccc1N1C(=O)c2cc(C3CC3)nn2CC1(C)C(=O)NC1CCCCC1. The number of amides is 2. The van der Waals surface area contributed by atoms with Gasteiger partial charge in [-0.3, -0.25) is 19.2 Å². The minimum absolute atomic E-state index is 0.124. The number of nitrogens with one attached hydrogen (secondary N) is 1. The van der Waals surface area contributed by atoms with Crippen LogP contribution in [0, 0.1) is 6.92 Å². The zero-order chi connectivity index (χ0) is 21.8. The van der Waals surface area contributed by atoms with Crippen molar-refractivity contribution < 1.29 is 9.59 Å². The number of rotatable bonds is 4. The molecule has 1 N–H and O–H groups in total. The fourth-order valence-corrected chi connectivity index (χ4v) is 5.15. The second-order valence-corrected chi connectivity index (χ2v) is 9.90. The third-order valence-electron chi connectivity index (χ3n) is 7.08. The Hall–Kier alpha value is -2.34. The van der Waals surface area contributed by atoms with Gasteiger partial charge >= 0.3 is 0 Å². The molecule has 0 spiro atoms. The Bertz CT molecular complexity index is 1040. The zero-order valence-electron chi connectivity index (χ0n) is 18.2. The van der Waals surface area contributed by atoms with Gasteiger partial charge in [-0.1, -0.05) is 36.9 Å². The number of halogens is 1. The maximum Gasteiger partial charge on any atom is 0.277 e. The fourth-order valence-electron chi connectivity index (χ4n) is 4.98. The Morgan fingerprint density at radius 1 is 1.19 bits per heavy atom. The molecule has 1 aliphatic heterocycles. The average molecular weight is 441 g/mol. The lowest BCUT2D eigenvalue weighted by atomic mass is 9.90. The number of hydrogen-bond donors (Lipinski definition) is 1. The second kappa shape index (κ2) is 7.66. The maximum absolute atomic E-state index is 13.8. The molecule has 1 aromatic carbocycles. The molecule has 5 rings (SSSR count). The minimum Gasteiger partial charge on any atom is -0.351 e. The van der Waals surface area contributed by atoms with Crippen molar-refractivity contribution in [3.63, 3.8) is 0 Å². The predicted molar refractivity (Wildman–Crippen MR) is 121 cm³/mol. The summed E-state index contributed by atoms with van der Waals surface area (Å²) >= 11 is 6.41. The summed E-state index contributed by atoms with van der Waals surface area (Å²) in [7, 11) is 0. The van der Waals surface area contributed by atoms with Gasteiger partial charge in [0.05, 0.1) is 12.2 Å². The van der Waals surface area contributed by atoms with Crippen LogP contribution in [-0.2, 0) is 11.3 Å². The Balaban J connectivity index is 1.57. The first-order valence-electron chi connectivity index (χ1n) is 11.4. The van der Waals surface area contributed by atoms with Gasteiger partial charge in [-0.05, 0) is 63.3 Å². The van der Waals surface area contributed by atoms with Crippen LogP contribution in [0.25, 0.3) is 0 Å². The fraction of sp³-hybridized carbons (Fsp3) is 0.542. The number of aromatic nitrogens is 2. The molecule has 164 valence electrons. The molecule has 2 fully saturated rings. The molecule has 1 atom stereocenters. The molecule has 2 amide bonds. The summed E-state index contributed by atoms with van der Waals surface area (Å²) in [5.41, 5.74) is 1.89. The number of carbonyl (C=O) groups is 2. The molecule has 1 unspecified atom stereocenters. The molecule has 2 aromatic rings. The normalized spacial score (nSPS) is 24.2. The number of hydrogen-bond acceptors (Lipinski definition) is 3. The molecular weight excluding hydrogens is 412 g/mol. The number of carbonyl (C=O) groups excluding carboxylic acids is 2. The lowest BCUT2D eigenvalue weighted by molar-refractivity contribution is -0.127. The first-order chi connectivity index (χ1) is 14.9. The van der Waals surface area contributed by atoms with Gasteiger partial charge < -0.3 is 5.32 Å². The van der Waals surface area contributed by atoms with Crippen molar-refractivity contribution in [1.82, 2.24) is 15.1 Å². The van der Waals surface area contributed by atoms with Crippen molar-refractivity contribution >= 4 is 29.1 Å². The number of benzene rings is 1. The largest absolute Gasteiger partial charge is 0.351 e. The molecule has 2 saturated carbocycles.